The van der Waals surface area contributed by atoms with E-state index in [0.717, 1.165) is 18.9 Å². The highest BCUT2D eigenvalue weighted by Gasteiger charge is 2.37. The number of nitrogens with one attached hydrogen (secondary N) is 2. The summed E-state index contributed by atoms with van der Waals surface area (Å²) in [5.74, 6) is -0.589. The smallest absolute Gasteiger partial charge is 0.274 e. The number of alkyl halides is 2. The van der Waals surface area contributed by atoms with Crippen LogP contribution in [-0.4, -0.2) is 39.1 Å². The predicted octanol–water partition coefficient (Wildman–Crippen LogP) is 4.24. The summed E-state index contributed by atoms with van der Waals surface area (Å²) in [5, 5.41) is 10.7. The molecule has 5 rings (SSSR count). The Hall–Kier alpha value is -3.47. The van der Waals surface area contributed by atoms with Gasteiger partial charge >= 0.3 is 0 Å². The molecule has 1 atom stereocenters. The number of carbonyl (C=O) groups is 1. The highest BCUT2D eigenvalue weighted by atomic mass is 19.3. The number of likely N-dealkylation sites (tertiary alicyclic amines) is 1. The van der Waals surface area contributed by atoms with E-state index < -0.39 is 34.9 Å². The van der Waals surface area contributed by atoms with Crippen LogP contribution in [0.25, 0.3) is 10.8 Å². The second kappa shape index (κ2) is 9.44. The molecular formula is C26H29F3N6O2. The molecule has 2 aromatic heterocycles. The Bertz CT molecular complexity index is 1410. The van der Waals surface area contributed by atoms with Crippen molar-refractivity contribution >= 4 is 22.5 Å². The molecule has 1 aliphatic heterocycles. The summed E-state index contributed by atoms with van der Waals surface area (Å²) < 4.78 is 41.3. The molecule has 3 aromatic rings. The molecule has 1 aliphatic carbocycles. The number of carbonyl (C=O) groups excluding carboxylic acids is 1. The number of fused-ring (bicyclic) bond motifs is 1. The molecule has 0 unspecified atom stereocenters. The first kappa shape index (κ1) is 25.2. The van der Waals surface area contributed by atoms with Gasteiger partial charge in [0, 0.05) is 36.9 Å². The fourth-order valence-corrected chi connectivity index (χ4v) is 5.06. The molecule has 1 amide bonds. The second-order valence-electron chi connectivity index (χ2n) is 10.1. The van der Waals surface area contributed by atoms with E-state index in [0.29, 0.717) is 48.1 Å². The van der Waals surface area contributed by atoms with Crippen LogP contribution >= 0.6 is 0 Å². The van der Waals surface area contributed by atoms with E-state index in [1.165, 1.54) is 19.1 Å². The molecule has 2 aliphatic rings. The van der Waals surface area contributed by atoms with Gasteiger partial charge in [0.1, 0.15) is 5.82 Å². The van der Waals surface area contributed by atoms with Gasteiger partial charge in [0.15, 0.2) is 5.82 Å². The number of nitrogens with two attached hydrogens (primary N) is 1. The van der Waals surface area contributed by atoms with E-state index in [2.05, 4.69) is 15.5 Å². The van der Waals surface area contributed by atoms with Crippen molar-refractivity contribution in [2.75, 3.05) is 18.4 Å². The first-order valence-corrected chi connectivity index (χ1v) is 12.4. The summed E-state index contributed by atoms with van der Waals surface area (Å²) >= 11 is 0. The Balaban J connectivity index is 1.58. The molecule has 37 heavy (non-hydrogen) atoms. The molecule has 0 spiro atoms. The lowest BCUT2D eigenvalue weighted by Gasteiger charge is -2.38. The van der Waals surface area contributed by atoms with Crippen molar-refractivity contribution in [3.8, 4) is 0 Å². The van der Waals surface area contributed by atoms with Gasteiger partial charge in [-0.2, -0.15) is 5.10 Å². The number of rotatable bonds is 6. The third-order valence-corrected chi connectivity index (χ3v) is 7.49. The third-order valence-electron chi connectivity index (χ3n) is 7.49. The number of H-pyrrole nitrogens is 1. The van der Waals surface area contributed by atoms with Crippen molar-refractivity contribution in [1.29, 1.82) is 0 Å². The molecule has 1 saturated heterocycles. The van der Waals surface area contributed by atoms with Crippen molar-refractivity contribution in [3.63, 3.8) is 0 Å². The minimum absolute atomic E-state index is 0.00783. The lowest BCUT2D eigenvalue weighted by atomic mass is 9.84. The number of piperidine rings is 1. The van der Waals surface area contributed by atoms with Crippen LogP contribution in [-0.2, 0) is 10.3 Å². The fraction of sp³-hybridized carbons (Fsp3) is 0.462. The summed E-state index contributed by atoms with van der Waals surface area (Å²) in [6.07, 6.45) is -0.126. The van der Waals surface area contributed by atoms with E-state index in [9.17, 15) is 22.8 Å². The maximum Gasteiger partial charge on any atom is 0.274 e. The van der Waals surface area contributed by atoms with Crippen LogP contribution in [0.4, 0.5) is 19.0 Å². The topological polar surface area (TPSA) is 117 Å². The van der Waals surface area contributed by atoms with Crippen LogP contribution in [0.15, 0.2) is 29.1 Å². The fourth-order valence-electron chi connectivity index (χ4n) is 5.06. The van der Waals surface area contributed by atoms with Crippen molar-refractivity contribution < 1.29 is 18.0 Å². The molecule has 4 N–H and O–H groups in total. The Morgan fingerprint density at radius 1 is 1.24 bits per heavy atom. The molecule has 3 heterocycles. The lowest BCUT2D eigenvalue weighted by Crippen LogP contribution is -2.49. The Morgan fingerprint density at radius 3 is 2.54 bits per heavy atom. The highest BCUT2D eigenvalue weighted by Crippen LogP contribution is 2.43. The zero-order chi connectivity index (χ0) is 26.5. The molecule has 2 fully saturated rings. The number of anilines is 1. The minimum atomic E-state index is -2.94. The number of aromatic amines is 1. The Kier molecular flexibility index (Phi) is 6.43. The van der Waals surface area contributed by atoms with Gasteiger partial charge in [-0.3, -0.25) is 14.6 Å². The second-order valence-corrected chi connectivity index (χ2v) is 10.1. The van der Waals surface area contributed by atoms with E-state index in [1.54, 1.807) is 17.9 Å². The summed E-state index contributed by atoms with van der Waals surface area (Å²) in [7, 11) is 0. The van der Waals surface area contributed by atoms with Gasteiger partial charge in [0.2, 0.25) is 5.91 Å². The van der Waals surface area contributed by atoms with Gasteiger partial charge < -0.3 is 16.0 Å². The van der Waals surface area contributed by atoms with Crippen LogP contribution in [0, 0.1) is 5.82 Å². The zero-order valence-electron chi connectivity index (χ0n) is 20.7. The number of benzene rings is 1. The summed E-state index contributed by atoms with van der Waals surface area (Å²) in [5.41, 5.74) is 6.28. The standard InChI is InChI=1S/C26H29F3N6O2/c1-13(16-4-3-5-17(21(16)27)23(28)29)31-24-18-12-19(26(30)8-10-35(11-9-26)14(2)36)32-22(15-6-7-15)20(18)25(37)34-33-24/h3-5,12-13,15,23H,6-11,30H2,1-2H3,(H,31,33)(H,34,37)/t13-/m1/s1. The van der Waals surface area contributed by atoms with Gasteiger partial charge in [-0.1, -0.05) is 18.2 Å². The third kappa shape index (κ3) is 4.68. The van der Waals surface area contributed by atoms with E-state index in [1.807, 2.05) is 0 Å². The number of nitrogens with zero attached hydrogens (tertiary/aromatic N) is 3. The SMILES string of the molecule is CC(=O)N1CCC(N)(c2cc3c(N[C@H](C)c4cccc(C(F)F)c4F)n[nH]c(=O)c3c(C3CC3)n2)CC1. The van der Waals surface area contributed by atoms with E-state index in [-0.39, 0.29) is 23.2 Å². The van der Waals surface area contributed by atoms with Crippen molar-refractivity contribution in [2.45, 2.75) is 63.5 Å². The van der Waals surface area contributed by atoms with Crippen LogP contribution in [0.5, 0.6) is 0 Å². The molecule has 0 bridgehead atoms. The number of pyridine rings is 1. The number of amides is 1. The van der Waals surface area contributed by atoms with Gasteiger partial charge in [-0.25, -0.2) is 18.3 Å². The number of hydrogen-bond donors (Lipinski definition) is 3. The number of aromatic nitrogens is 3. The largest absolute Gasteiger partial charge is 0.361 e. The number of halogens is 3. The first-order chi connectivity index (χ1) is 17.6. The average Bonchev–Trinajstić information content (AvgIpc) is 3.71. The number of hydrogen-bond acceptors (Lipinski definition) is 6. The van der Waals surface area contributed by atoms with Gasteiger partial charge in [-0.15, -0.1) is 0 Å². The van der Waals surface area contributed by atoms with Crippen molar-refractivity contribution in [3.05, 3.63) is 63.0 Å². The molecule has 1 saturated carbocycles. The first-order valence-electron chi connectivity index (χ1n) is 12.4. The quantitative estimate of drug-likeness (QED) is 0.453. The minimum Gasteiger partial charge on any atom is -0.361 e. The molecule has 8 nitrogen and oxygen atoms in total. The zero-order valence-corrected chi connectivity index (χ0v) is 20.7. The Labute approximate surface area is 211 Å². The molecule has 1 aromatic carbocycles. The average molecular weight is 515 g/mol. The molecule has 196 valence electrons. The summed E-state index contributed by atoms with van der Waals surface area (Å²) in [4.78, 5) is 31.3. The highest BCUT2D eigenvalue weighted by molar-refractivity contribution is 5.93. The summed E-state index contributed by atoms with van der Waals surface area (Å²) in [6, 6.07) is 4.89. The normalized spacial score (nSPS) is 18.3. The maximum absolute atomic E-state index is 14.8. The van der Waals surface area contributed by atoms with Crippen molar-refractivity contribution in [1.82, 2.24) is 20.1 Å². The molecular weight excluding hydrogens is 485 g/mol. The monoisotopic (exact) mass is 514 g/mol. The van der Waals surface area contributed by atoms with Gasteiger partial charge in [-0.05, 0) is 38.7 Å². The van der Waals surface area contributed by atoms with Crippen LogP contribution in [0.3, 0.4) is 0 Å². The molecule has 11 heteroatoms. The van der Waals surface area contributed by atoms with E-state index >= 15 is 0 Å². The van der Waals surface area contributed by atoms with E-state index in [4.69, 9.17) is 10.7 Å². The van der Waals surface area contributed by atoms with Crippen LogP contribution < -0.4 is 16.6 Å². The van der Waals surface area contributed by atoms with Gasteiger partial charge in [0.05, 0.1) is 33.9 Å². The Morgan fingerprint density at radius 2 is 1.92 bits per heavy atom. The lowest BCUT2D eigenvalue weighted by molar-refractivity contribution is -0.130. The van der Waals surface area contributed by atoms with Crippen LogP contribution in [0.1, 0.15) is 80.4 Å². The van der Waals surface area contributed by atoms with Crippen molar-refractivity contribution in [2.24, 2.45) is 5.73 Å². The van der Waals surface area contributed by atoms with Gasteiger partial charge in [0.25, 0.3) is 12.0 Å². The maximum atomic E-state index is 14.8. The van der Waals surface area contributed by atoms with Crippen LogP contribution in [0.2, 0.25) is 0 Å². The summed E-state index contributed by atoms with van der Waals surface area (Å²) in [6.45, 7) is 4.16. The molecule has 0 radical (unpaired) electrons. The predicted molar refractivity (Wildman–Crippen MR) is 133 cm³/mol.